The van der Waals surface area contributed by atoms with Crippen LogP contribution in [0.3, 0.4) is 0 Å². The minimum Gasteiger partial charge on any atom is -0.471 e. The van der Waals surface area contributed by atoms with E-state index in [0.29, 0.717) is 19.0 Å². The van der Waals surface area contributed by atoms with Crippen molar-refractivity contribution in [1.29, 1.82) is 0 Å². The Morgan fingerprint density at radius 1 is 1.13 bits per heavy atom. The molecule has 1 aromatic heterocycles. The van der Waals surface area contributed by atoms with Crippen molar-refractivity contribution in [1.82, 2.24) is 9.88 Å². The minimum atomic E-state index is -4.40. The van der Waals surface area contributed by atoms with E-state index in [9.17, 15) is 18.0 Å². The van der Waals surface area contributed by atoms with Gasteiger partial charge in [0.1, 0.15) is 6.10 Å². The molecule has 0 N–H and O–H groups in total. The number of ether oxygens (including phenoxy) is 1. The molecule has 0 atom stereocenters. The molecule has 7 heteroatoms. The molecule has 0 radical (unpaired) electrons. The quantitative estimate of drug-likeness (QED) is 0.872. The maximum absolute atomic E-state index is 12.5. The summed E-state index contributed by atoms with van der Waals surface area (Å²) < 4.78 is 43.1. The molecule has 2 heterocycles. The fourth-order valence-electron chi connectivity index (χ4n) is 2.25. The average molecular weight is 322 g/mol. The van der Waals surface area contributed by atoms with Crippen molar-refractivity contribution in [3.05, 3.63) is 59.8 Å². The molecule has 2 aromatic rings. The highest BCUT2D eigenvalue weighted by atomic mass is 19.4. The molecule has 0 spiro atoms. The number of rotatable bonds is 3. The van der Waals surface area contributed by atoms with Crippen LogP contribution in [-0.2, 0) is 6.18 Å². The van der Waals surface area contributed by atoms with Crippen molar-refractivity contribution >= 4 is 5.91 Å². The molecule has 0 saturated carbocycles. The van der Waals surface area contributed by atoms with Gasteiger partial charge in [0.05, 0.1) is 18.7 Å². The van der Waals surface area contributed by atoms with Crippen molar-refractivity contribution in [3.63, 3.8) is 0 Å². The van der Waals surface area contributed by atoms with Crippen molar-refractivity contribution < 1.29 is 22.7 Å². The standard InChI is InChI=1S/C16H13F3N2O2/c17-16(18,19)12-6-4-11(5-7-12)15(22)21-9-13(10-21)23-14-3-1-2-8-20-14/h1-8,13H,9-10H2. The van der Waals surface area contributed by atoms with E-state index in [1.807, 2.05) is 0 Å². The Morgan fingerprint density at radius 2 is 1.83 bits per heavy atom. The molecule has 1 saturated heterocycles. The molecule has 1 aliphatic rings. The fraction of sp³-hybridized carbons (Fsp3) is 0.250. The van der Waals surface area contributed by atoms with Gasteiger partial charge in [-0.2, -0.15) is 13.2 Å². The number of hydrogen-bond donors (Lipinski definition) is 0. The van der Waals surface area contributed by atoms with E-state index in [1.54, 1.807) is 24.4 Å². The summed E-state index contributed by atoms with van der Waals surface area (Å²) in [5.74, 6) is 0.179. The van der Waals surface area contributed by atoms with Crippen LogP contribution in [0.2, 0.25) is 0 Å². The van der Waals surface area contributed by atoms with Crippen LogP contribution in [0.25, 0.3) is 0 Å². The Kier molecular flexibility index (Phi) is 3.94. The van der Waals surface area contributed by atoms with Gasteiger partial charge in [-0.05, 0) is 30.3 Å². The molecule has 1 amide bonds. The first-order chi connectivity index (χ1) is 10.9. The van der Waals surface area contributed by atoms with Crippen LogP contribution in [0, 0.1) is 0 Å². The lowest BCUT2D eigenvalue weighted by atomic mass is 10.1. The van der Waals surface area contributed by atoms with E-state index in [2.05, 4.69) is 4.98 Å². The molecule has 0 bridgehead atoms. The number of alkyl halides is 3. The van der Waals surface area contributed by atoms with Gasteiger partial charge >= 0.3 is 6.18 Å². The van der Waals surface area contributed by atoms with Gasteiger partial charge in [-0.3, -0.25) is 4.79 Å². The normalized spacial score (nSPS) is 15.2. The second-order valence-electron chi connectivity index (χ2n) is 5.19. The summed E-state index contributed by atoms with van der Waals surface area (Å²) >= 11 is 0. The highest BCUT2D eigenvalue weighted by Crippen LogP contribution is 2.29. The summed E-state index contributed by atoms with van der Waals surface area (Å²) in [6.45, 7) is 0.771. The van der Waals surface area contributed by atoms with Gasteiger partial charge < -0.3 is 9.64 Å². The van der Waals surface area contributed by atoms with Gasteiger partial charge in [0.2, 0.25) is 5.88 Å². The number of carbonyl (C=O) groups is 1. The number of hydrogen-bond acceptors (Lipinski definition) is 3. The summed E-state index contributed by atoms with van der Waals surface area (Å²) in [5, 5.41) is 0. The van der Waals surface area contributed by atoms with Crippen molar-refractivity contribution in [3.8, 4) is 5.88 Å². The first-order valence-electron chi connectivity index (χ1n) is 6.98. The van der Waals surface area contributed by atoms with Gasteiger partial charge in [-0.25, -0.2) is 4.98 Å². The van der Waals surface area contributed by atoms with Crippen molar-refractivity contribution in [2.45, 2.75) is 12.3 Å². The number of amides is 1. The second kappa shape index (κ2) is 5.91. The first-order valence-corrected chi connectivity index (χ1v) is 6.98. The zero-order valence-electron chi connectivity index (χ0n) is 12.0. The van der Waals surface area contributed by atoms with E-state index in [1.165, 1.54) is 17.0 Å². The highest BCUT2D eigenvalue weighted by Gasteiger charge is 2.34. The van der Waals surface area contributed by atoms with Crippen LogP contribution in [0.5, 0.6) is 5.88 Å². The smallest absolute Gasteiger partial charge is 0.416 e. The van der Waals surface area contributed by atoms with Gasteiger partial charge in [-0.1, -0.05) is 6.07 Å². The van der Waals surface area contributed by atoms with E-state index in [4.69, 9.17) is 4.74 Å². The third kappa shape index (κ3) is 3.44. The maximum Gasteiger partial charge on any atom is 0.416 e. The summed E-state index contributed by atoms with van der Waals surface area (Å²) in [7, 11) is 0. The van der Waals surface area contributed by atoms with E-state index < -0.39 is 11.7 Å². The molecule has 0 aliphatic carbocycles. The highest BCUT2D eigenvalue weighted by molar-refractivity contribution is 5.94. The van der Waals surface area contributed by atoms with Gasteiger partial charge in [0.15, 0.2) is 0 Å². The van der Waals surface area contributed by atoms with Gasteiger partial charge in [-0.15, -0.1) is 0 Å². The number of nitrogens with zero attached hydrogens (tertiary/aromatic N) is 2. The number of halogens is 3. The second-order valence-corrected chi connectivity index (χ2v) is 5.19. The molecule has 1 aromatic carbocycles. The molecular weight excluding hydrogens is 309 g/mol. The molecular formula is C16H13F3N2O2. The summed E-state index contributed by atoms with van der Waals surface area (Å²) in [6.07, 6.45) is -2.94. The monoisotopic (exact) mass is 322 g/mol. The summed E-state index contributed by atoms with van der Waals surface area (Å²) in [4.78, 5) is 17.7. The molecule has 4 nitrogen and oxygen atoms in total. The van der Waals surface area contributed by atoms with Crippen LogP contribution >= 0.6 is 0 Å². The fourth-order valence-corrected chi connectivity index (χ4v) is 2.25. The number of benzene rings is 1. The van der Waals surface area contributed by atoms with E-state index in [-0.39, 0.29) is 17.6 Å². The van der Waals surface area contributed by atoms with Crippen molar-refractivity contribution in [2.24, 2.45) is 0 Å². The zero-order valence-corrected chi connectivity index (χ0v) is 12.0. The zero-order chi connectivity index (χ0) is 16.4. The Morgan fingerprint density at radius 3 is 2.39 bits per heavy atom. The molecule has 1 aliphatic heterocycles. The number of aromatic nitrogens is 1. The van der Waals surface area contributed by atoms with E-state index in [0.717, 1.165) is 12.1 Å². The predicted octanol–water partition coefficient (Wildman–Crippen LogP) is 3.00. The van der Waals surface area contributed by atoms with Crippen LogP contribution in [0.1, 0.15) is 15.9 Å². The average Bonchev–Trinajstić information content (AvgIpc) is 2.50. The molecule has 23 heavy (non-hydrogen) atoms. The minimum absolute atomic E-state index is 0.150. The first kappa shape index (κ1) is 15.3. The largest absolute Gasteiger partial charge is 0.471 e. The van der Waals surface area contributed by atoms with Crippen LogP contribution in [0.4, 0.5) is 13.2 Å². The summed E-state index contributed by atoms with van der Waals surface area (Å²) in [6, 6.07) is 9.50. The van der Waals surface area contributed by atoms with Crippen LogP contribution in [0.15, 0.2) is 48.7 Å². The van der Waals surface area contributed by atoms with Gasteiger partial charge in [0, 0.05) is 17.8 Å². The van der Waals surface area contributed by atoms with Crippen LogP contribution in [-0.4, -0.2) is 35.0 Å². The maximum atomic E-state index is 12.5. The number of likely N-dealkylation sites (tertiary alicyclic amines) is 1. The SMILES string of the molecule is O=C(c1ccc(C(F)(F)F)cc1)N1CC(Oc2ccccn2)C1. The topological polar surface area (TPSA) is 42.4 Å². The molecule has 120 valence electrons. The lowest BCUT2D eigenvalue weighted by molar-refractivity contribution is -0.137. The molecule has 1 fully saturated rings. The number of carbonyl (C=O) groups excluding carboxylic acids is 1. The molecule has 3 rings (SSSR count). The number of pyridine rings is 1. The van der Waals surface area contributed by atoms with Crippen LogP contribution < -0.4 is 4.74 Å². The van der Waals surface area contributed by atoms with Gasteiger partial charge in [0.25, 0.3) is 5.91 Å². The third-order valence-electron chi connectivity index (χ3n) is 3.52. The lowest BCUT2D eigenvalue weighted by Crippen LogP contribution is -2.56. The Balaban J connectivity index is 1.56. The van der Waals surface area contributed by atoms with Crippen molar-refractivity contribution in [2.75, 3.05) is 13.1 Å². The lowest BCUT2D eigenvalue weighted by Gasteiger charge is -2.38. The molecule has 0 unspecified atom stereocenters. The summed E-state index contributed by atoms with van der Waals surface area (Å²) in [5.41, 5.74) is -0.539. The van der Waals surface area contributed by atoms with E-state index >= 15 is 0 Å². The Labute approximate surface area is 130 Å². The Hall–Kier alpha value is -2.57. The predicted molar refractivity (Wildman–Crippen MR) is 76.0 cm³/mol. The Bertz CT molecular complexity index is 681. The third-order valence-corrected chi connectivity index (χ3v) is 3.52.